The van der Waals surface area contributed by atoms with E-state index in [2.05, 4.69) is 37.4 Å². The number of carbonyl (C=O) groups is 3. The van der Waals surface area contributed by atoms with Gasteiger partial charge in [-0.25, -0.2) is 4.79 Å². The Labute approximate surface area is 304 Å². The molecular weight excluding hydrogens is 644 g/mol. The molecule has 276 valence electrons. The number of amides is 2. The molecule has 0 bridgehead atoms. The second kappa shape index (κ2) is 17.6. The van der Waals surface area contributed by atoms with Crippen LogP contribution in [0.5, 0.6) is 17.2 Å². The Kier molecular flexibility index (Phi) is 13.6. The van der Waals surface area contributed by atoms with Crippen molar-refractivity contribution in [2.24, 2.45) is 0 Å². The van der Waals surface area contributed by atoms with Gasteiger partial charge in [0.1, 0.15) is 17.9 Å². The second-order valence-corrected chi connectivity index (χ2v) is 14.6. The normalized spacial score (nSPS) is 15.8. The maximum absolute atomic E-state index is 14.3. The van der Waals surface area contributed by atoms with Crippen LogP contribution in [0.4, 0.5) is 0 Å². The minimum Gasteiger partial charge on any atom is -0.493 e. The summed E-state index contributed by atoms with van der Waals surface area (Å²) in [4.78, 5) is 42.7. The number of likely N-dealkylation sites (tertiary alicyclic amines) is 1. The van der Waals surface area contributed by atoms with Gasteiger partial charge in [-0.3, -0.25) is 9.59 Å². The van der Waals surface area contributed by atoms with Crippen molar-refractivity contribution in [1.82, 2.24) is 10.2 Å². The molecule has 0 aliphatic carbocycles. The summed E-state index contributed by atoms with van der Waals surface area (Å²) in [6, 6.07) is 16.9. The van der Waals surface area contributed by atoms with Crippen LogP contribution >= 0.6 is 0 Å². The van der Waals surface area contributed by atoms with Crippen LogP contribution in [0.15, 0.2) is 54.6 Å². The average Bonchev–Trinajstić information content (AvgIpc) is 3.09. The van der Waals surface area contributed by atoms with E-state index in [1.165, 1.54) is 11.1 Å². The van der Waals surface area contributed by atoms with Crippen LogP contribution in [0, 0.1) is 20.8 Å². The predicted molar refractivity (Wildman–Crippen MR) is 200 cm³/mol. The lowest BCUT2D eigenvalue weighted by Gasteiger charge is -2.37. The molecule has 3 atom stereocenters. The number of nitrogens with one attached hydrogen (secondary N) is 1. The Morgan fingerprint density at radius 3 is 2.33 bits per heavy atom. The van der Waals surface area contributed by atoms with E-state index in [4.69, 9.17) is 18.9 Å². The fourth-order valence-corrected chi connectivity index (χ4v) is 6.75. The Morgan fingerprint density at radius 1 is 0.902 bits per heavy atom. The van der Waals surface area contributed by atoms with Gasteiger partial charge in [0.2, 0.25) is 5.91 Å². The predicted octanol–water partition coefficient (Wildman–Crippen LogP) is 7.71. The highest BCUT2D eigenvalue weighted by Crippen LogP contribution is 2.37. The largest absolute Gasteiger partial charge is 0.493 e. The third-order valence-corrected chi connectivity index (χ3v) is 9.49. The van der Waals surface area contributed by atoms with Crippen molar-refractivity contribution in [3.8, 4) is 17.2 Å². The van der Waals surface area contributed by atoms with Crippen molar-refractivity contribution in [3.05, 3.63) is 88.0 Å². The number of hydrogen-bond acceptors (Lipinski definition) is 7. The lowest BCUT2D eigenvalue weighted by atomic mass is 9.91. The zero-order chi connectivity index (χ0) is 37.3. The molecular formula is C42H56N2O7. The second-order valence-electron chi connectivity index (χ2n) is 14.6. The summed E-state index contributed by atoms with van der Waals surface area (Å²) >= 11 is 0. The summed E-state index contributed by atoms with van der Waals surface area (Å²) in [5.74, 6) is 0.527. The summed E-state index contributed by atoms with van der Waals surface area (Å²) < 4.78 is 23.4. The number of hydrogen-bond donors (Lipinski definition) is 1. The summed E-state index contributed by atoms with van der Waals surface area (Å²) in [7, 11) is 3.18. The highest BCUT2D eigenvalue weighted by Gasteiger charge is 2.38. The first kappa shape index (κ1) is 39.3. The van der Waals surface area contributed by atoms with Crippen molar-refractivity contribution in [2.45, 2.75) is 111 Å². The van der Waals surface area contributed by atoms with Crippen LogP contribution < -0.4 is 19.5 Å². The number of benzene rings is 3. The molecule has 0 unspecified atom stereocenters. The number of piperidine rings is 1. The molecule has 1 aliphatic heterocycles. The third-order valence-electron chi connectivity index (χ3n) is 9.49. The van der Waals surface area contributed by atoms with Crippen LogP contribution in [0.2, 0.25) is 0 Å². The van der Waals surface area contributed by atoms with Gasteiger partial charge >= 0.3 is 5.97 Å². The molecule has 9 nitrogen and oxygen atoms in total. The first-order chi connectivity index (χ1) is 24.2. The molecule has 2 amide bonds. The van der Waals surface area contributed by atoms with Gasteiger partial charge < -0.3 is 29.2 Å². The molecule has 1 heterocycles. The smallest absolute Gasteiger partial charge is 0.329 e. The summed E-state index contributed by atoms with van der Waals surface area (Å²) in [6.45, 7) is 14.2. The van der Waals surface area contributed by atoms with E-state index < -0.39 is 24.0 Å². The maximum Gasteiger partial charge on any atom is 0.329 e. The first-order valence-corrected chi connectivity index (χ1v) is 18.1. The van der Waals surface area contributed by atoms with E-state index in [0.29, 0.717) is 49.5 Å². The van der Waals surface area contributed by atoms with Crippen LogP contribution in [-0.4, -0.2) is 61.6 Å². The Balaban J connectivity index is 1.59. The van der Waals surface area contributed by atoms with E-state index in [-0.39, 0.29) is 24.0 Å². The molecule has 3 aromatic rings. The Morgan fingerprint density at radius 2 is 1.67 bits per heavy atom. The van der Waals surface area contributed by atoms with E-state index in [1.807, 2.05) is 65.0 Å². The van der Waals surface area contributed by atoms with Gasteiger partial charge in [-0.2, -0.15) is 0 Å². The highest BCUT2D eigenvalue weighted by atomic mass is 16.5. The van der Waals surface area contributed by atoms with Crippen LogP contribution in [0.25, 0.3) is 0 Å². The zero-order valence-corrected chi connectivity index (χ0v) is 31.9. The van der Waals surface area contributed by atoms with E-state index in [0.717, 1.165) is 35.1 Å². The number of methoxy groups -OCH3 is 2. The highest BCUT2D eigenvalue weighted by molar-refractivity contribution is 5.89. The summed E-state index contributed by atoms with van der Waals surface area (Å²) in [6.07, 6.45) is 3.35. The lowest BCUT2D eigenvalue weighted by Crippen LogP contribution is -2.50. The number of aryl methyl sites for hydroxylation is 4. The summed E-state index contributed by atoms with van der Waals surface area (Å²) in [5.41, 5.74) is 5.67. The number of ether oxygens (including phenoxy) is 4. The molecule has 0 aromatic heterocycles. The van der Waals surface area contributed by atoms with Crippen LogP contribution in [0.3, 0.4) is 0 Å². The molecule has 0 spiro atoms. The SMILES string of the molecule is CC[C@H](C(=O)N1CCCC[C@H]1C(=O)O[C@H](CCc1ccc(C)c(C)c1)c1cccc(OCC(=O)NC(C)(C)C)c1)c1cc(C)c(OC)c(OC)c1. The minimum absolute atomic E-state index is 0.0959. The van der Waals surface area contributed by atoms with Crippen molar-refractivity contribution >= 4 is 17.8 Å². The molecule has 4 rings (SSSR count). The van der Waals surface area contributed by atoms with Crippen molar-refractivity contribution in [2.75, 3.05) is 27.4 Å². The van der Waals surface area contributed by atoms with Crippen molar-refractivity contribution < 1.29 is 33.3 Å². The van der Waals surface area contributed by atoms with Crippen LogP contribution in [0.1, 0.15) is 105 Å². The number of rotatable bonds is 14. The molecule has 1 saturated heterocycles. The van der Waals surface area contributed by atoms with Crippen LogP contribution in [-0.2, 0) is 25.5 Å². The molecule has 51 heavy (non-hydrogen) atoms. The topological polar surface area (TPSA) is 103 Å². The average molecular weight is 701 g/mol. The number of carbonyl (C=O) groups excluding carboxylic acids is 3. The van der Waals surface area contributed by atoms with E-state index >= 15 is 0 Å². The maximum atomic E-state index is 14.3. The molecule has 1 N–H and O–H groups in total. The monoisotopic (exact) mass is 700 g/mol. The van der Waals surface area contributed by atoms with Gasteiger partial charge in [0.15, 0.2) is 18.1 Å². The van der Waals surface area contributed by atoms with Crippen molar-refractivity contribution in [3.63, 3.8) is 0 Å². The van der Waals surface area contributed by atoms with Crippen molar-refractivity contribution in [1.29, 1.82) is 0 Å². The zero-order valence-electron chi connectivity index (χ0n) is 31.9. The molecule has 1 fully saturated rings. The van der Waals surface area contributed by atoms with E-state index in [9.17, 15) is 14.4 Å². The van der Waals surface area contributed by atoms with Gasteiger partial charge in [-0.05, 0) is 132 Å². The number of nitrogens with zero attached hydrogens (tertiary/aromatic N) is 1. The van der Waals surface area contributed by atoms with Gasteiger partial charge in [0, 0.05) is 12.1 Å². The summed E-state index contributed by atoms with van der Waals surface area (Å²) in [5, 5.41) is 2.91. The van der Waals surface area contributed by atoms with E-state index in [1.54, 1.807) is 25.2 Å². The fourth-order valence-electron chi connectivity index (χ4n) is 6.75. The molecule has 3 aromatic carbocycles. The minimum atomic E-state index is -0.703. The molecule has 9 heteroatoms. The third kappa shape index (κ3) is 10.5. The number of esters is 1. The van der Waals surface area contributed by atoms with Gasteiger partial charge in [0.25, 0.3) is 5.91 Å². The van der Waals surface area contributed by atoms with Gasteiger partial charge in [-0.1, -0.05) is 43.3 Å². The lowest BCUT2D eigenvalue weighted by molar-refractivity contribution is -0.162. The Bertz CT molecular complexity index is 1680. The standard InChI is InChI=1S/C42H56N2O7/c1-10-34(32-23-29(4)39(49-9)37(25-32)48-8)40(46)44-21-12-11-16-35(44)41(47)51-36(20-19-30-18-17-27(2)28(3)22-30)31-14-13-15-33(24-31)50-26-38(45)43-42(5,6)7/h13-15,17-18,22-25,34-36H,10-12,16,19-21,26H2,1-9H3,(H,43,45)/t34-,35-,36+/m0/s1. The fraction of sp³-hybridized carbons (Fsp3) is 0.500. The van der Waals surface area contributed by atoms with Gasteiger partial charge in [0.05, 0.1) is 20.1 Å². The first-order valence-electron chi connectivity index (χ1n) is 18.1. The Hall–Kier alpha value is -4.53. The van der Waals surface area contributed by atoms with Gasteiger partial charge in [-0.15, -0.1) is 0 Å². The molecule has 0 saturated carbocycles. The molecule has 1 aliphatic rings. The molecule has 0 radical (unpaired) electrons. The quantitative estimate of drug-likeness (QED) is 0.172.